The van der Waals surface area contributed by atoms with Crippen molar-refractivity contribution in [2.24, 2.45) is 5.92 Å². The van der Waals surface area contributed by atoms with Crippen molar-refractivity contribution >= 4 is 17.3 Å². The van der Waals surface area contributed by atoms with Gasteiger partial charge in [0.15, 0.2) is 0 Å². The number of esters is 1. The third kappa shape index (κ3) is 4.62. The predicted octanol–water partition coefficient (Wildman–Crippen LogP) is 2.60. The van der Waals surface area contributed by atoms with Crippen molar-refractivity contribution in [1.82, 2.24) is 0 Å². The van der Waals surface area contributed by atoms with Crippen LogP contribution in [0.5, 0.6) is 5.75 Å². The quantitative estimate of drug-likeness (QED) is 0.472. The lowest BCUT2D eigenvalue weighted by Gasteiger charge is -2.19. The Morgan fingerprint density at radius 3 is 2.52 bits per heavy atom. The van der Waals surface area contributed by atoms with Crippen molar-refractivity contribution in [3.8, 4) is 5.75 Å². The van der Waals surface area contributed by atoms with Gasteiger partial charge >= 0.3 is 5.97 Å². The number of carbonyl (C=O) groups excluding carboxylic acids is 1. The summed E-state index contributed by atoms with van der Waals surface area (Å²) in [5.74, 6) is 0.239. The number of benzene rings is 1. The summed E-state index contributed by atoms with van der Waals surface area (Å²) in [6.45, 7) is 3.91. The van der Waals surface area contributed by atoms with Crippen molar-refractivity contribution < 1.29 is 19.2 Å². The Bertz CT molecular complexity index is 516. The van der Waals surface area contributed by atoms with E-state index in [9.17, 15) is 14.9 Å². The van der Waals surface area contributed by atoms with Gasteiger partial charge in [-0.2, -0.15) is 0 Å². The van der Waals surface area contributed by atoms with Gasteiger partial charge in [-0.25, -0.2) is 4.79 Å². The van der Waals surface area contributed by atoms with Crippen molar-refractivity contribution in [3.05, 3.63) is 28.3 Å². The van der Waals surface area contributed by atoms with Crippen molar-refractivity contribution in [2.45, 2.75) is 26.3 Å². The molecule has 0 bridgehead atoms. The van der Waals surface area contributed by atoms with E-state index < -0.39 is 16.9 Å². The third-order valence-corrected chi connectivity index (χ3v) is 2.92. The van der Waals surface area contributed by atoms with Gasteiger partial charge in [0.25, 0.3) is 5.69 Å². The first-order chi connectivity index (χ1) is 9.88. The van der Waals surface area contributed by atoms with E-state index in [1.54, 1.807) is 0 Å². The van der Waals surface area contributed by atoms with Crippen LogP contribution in [0.4, 0.5) is 11.4 Å². The van der Waals surface area contributed by atoms with Crippen LogP contribution in [0.15, 0.2) is 18.2 Å². The third-order valence-electron chi connectivity index (χ3n) is 2.92. The highest BCUT2D eigenvalue weighted by Gasteiger charge is 2.24. The minimum absolute atomic E-state index is 0.117. The first kappa shape index (κ1) is 16.7. The van der Waals surface area contributed by atoms with E-state index >= 15 is 0 Å². The fourth-order valence-electron chi connectivity index (χ4n) is 1.93. The molecule has 7 heteroatoms. The lowest BCUT2D eigenvalue weighted by atomic mass is 10.0. The Hall–Kier alpha value is -2.31. The van der Waals surface area contributed by atoms with E-state index in [-0.39, 0.29) is 17.3 Å². The van der Waals surface area contributed by atoms with Gasteiger partial charge in [0.1, 0.15) is 17.5 Å². The molecule has 0 aliphatic carbocycles. The molecule has 21 heavy (non-hydrogen) atoms. The molecule has 0 aliphatic rings. The van der Waals surface area contributed by atoms with Gasteiger partial charge in [0, 0.05) is 12.1 Å². The molecule has 0 radical (unpaired) electrons. The molecular weight excluding hydrogens is 276 g/mol. The molecule has 0 amide bonds. The van der Waals surface area contributed by atoms with Crippen LogP contribution in [-0.2, 0) is 9.53 Å². The van der Waals surface area contributed by atoms with Gasteiger partial charge < -0.3 is 14.8 Å². The van der Waals surface area contributed by atoms with Gasteiger partial charge in [-0.15, -0.1) is 0 Å². The number of ether oxygens (including phenoxy) is 2. The number of methoxy groups -OCH3 is 2. The number of nitrogens with one attached hydrogen (secondary N) is 1. The van der Waals surface area contributed by atoms with E-state index in [2.05, 4.69) is 5.32 Å². The monoisotopic (exact) mass is 296 g/mol. The number of nitrogens with zero attached hydrogens (tertiary/aromatic N) is 1. The molecule has 7 nitrogen and oxygen atoms in total. The summed E-state index contributed by atoms with van der Waals surface area (Å²) in [7, 11) is 2.76. The maximum absolute atomic E-state index is 11.8. The smallest absolute Gasteiger partial charge is 0.328 e. The van der Waals surface area contributed by atoms with E-state index in [1.807, 2.05) is 13.8 Å². The molecule has 1 rings (SSSR count). The number of hydrogen-bond acceptors (Lipinski definition) is 6. The van der Waals surface area contributed by atoms with E-state index in [1.165, 1.54) is 32.4 Å². The highest BCUT2D eigenvalue weighted by molar-refractivity contribution is 5.81. The van der Waals surface area contributed by atoms with Gasteiger partial charge in [0.2, 0.25) is 0 Å². The second-order valence-electron chi connectivity index (χ2n) is 4.99. The number of hydrogen-bond donors (Lipinski definition) is 1. The average Bonchev–Trinajstić information content (AvgIpc) is 2.44. The molecule has 1 aromatic rings. The molecule has 0 heterocycles. The normalized spacial score (nSPS) is 11.9. The highest BCUT2D eigenvalue weighted by atomic mass is 16.6. The number of rotatable bonds is 7. The van der Waals surface area contributed by atoms with Crippen LogP contribution in [0.1, 0.15) is 20.3 Å². The number of anilines is 1. The van der Waals surface area contributed by atoms with E-state index in [0.717, 1.165) is 0 Å². The van der Waals surface area contributed by atoms with Crippen molar-refractivity contribution in [3.63, 3.8) is 0 Å². The van der Waals surface area contributed by atoms with Gasteiger partial charge in [-0.1, -0.05) is 13.8 Å². The summed E-state index contributed by atoms with van der Waals surface area (Å²) in [4.78, 5) is 22.4. The second kappa shape index (κ2) is 7.47. The summed E-state index contributed by atoms with van der Waals surface area (Å²) < 4.78 is 9.80. The van der Waals surface area contributed by atoms with E-state index in [0.29, 0.717) is 12.2 Å². The summed E-state index contributed by atoms with van der Waals surface area (Å²) in [6.07, 6.45) is 0.501. The largest absolute Gasteiger partial charge is 0.497 e. The number of carbonyl (C=O) groups is 1. The molecule has 0 spiro atoms. The van der Waals surface area contributed by atoms with Crippen LogP contribution < -0.4 is 10.1 Å². The topological polar surface area (TPSA) is 90.7 Å². The van der Waals surface area contributed by atoms with Crippen LogP contribution in [0.2, 0.25) is 0 Å². The lowest BCUT2D eigenvalue weighted by Crippen LogP contribution is -2.32. The van der Waals surface area contributed by atoms with Crippen molar-refractivity contribution in [2.75, 3.05) is 19.5 Å². The molecule has 1 atom stereocenters. The van der Waals surface area contributed by atoms with Gasteiger partial charge in [0.05, 0.1) is 19.1 Å². The van der Waals surface area contributed by atoms with Crippen LogP contribution >= 0.6 is 0 Å². The van der Waals surface area contributed by atoms with Crippen LogP contribution in [0.3, 0.4) is 0 Å². The van der Waals surface area contributed by atoms with Crippen LogP contribution in [-0.4, -0.2) is 31.2 Å². The Kier molecular flexibility index (Phi) is 5.95. The van der Waals surface area contributed by atoms with Gasteiger partial charge in [-0.05, 0) is 18.4 Å². The fraction of sp³-hybridized carbons (Fsp3) is 0.500. The Morgan fingerprint density at radius 1 is 1.38 bits per heavy atom. The minimum atomic E-state index is -0.652. The Morgan fingerprint density at radius 2 is 2.05 bits per heavy atom. The second-order valence-corrected chi connectivity index (χ2v) is 4.99. The number of nitro groups is 1. The molecule has 0 saturated heterocycles. The molecule has 1 aromatic carbocycles. The average molecular weight is 296 g/mol. The summed E-state index contributed by atoms with van der Waals surface area (Å²) >= 11 is 0. The maximum atomic E-state index is 11.8. The zero-order valence-electron chi connectivity index (χ0n) is 12.6. The summed E-state index contributed by atoms with van der Waals surface area (Å²) in [6, 6.07) is 3.68. The van der Waals surface area contributed by atoms with Crippen molar-refractivity contribution in [1.29, 1.82) is 0 Å². The minimum Gasteiger partial charge on any atom is -0.497 e. The Labute approximate surface area is 123 Å². The van der Waals surface area contributed by atoms with Gasteiger partial charge in [-0.3, -0.25) is 10.1 Å². The standard InChI is InChI=1S/C14H20N2O5/c1-9(2)7-12(14(17)21-4)15-11-8-10(20-3)5-6-13(11)16(18)19/h5-6,8-9,12,15H,7H2,1-4H3. The number of nitro benzene ring substituents is 1. The zero-order chi connectivity index (χ0) is 16.0. The molecule has 0 aromatic heterocycles. The molecule has 0 saturated carbocycles. The van der Waals surface area contributed by atoms with Crippen LogP contribution in [0.25, 0.3) is 0 Å². The first-order valence-corrected chi connectivity index (χ1v) is 6.55. The van der Waals surface area contributed by atoms with Crippen LogP contribution in [0, 0.1) is 16.0 Å². The summed E-state index contributed by atoms with van der Waals surface area (Å²) in [5.41, 5.74) is 0.115. The SMILES string of the molecule is COC(=O)C(CC(C)C)Nc1cc(OC)ccc1[N+](=O)[O-]. The molecule has 116 valence electrons. The molecule has 0 aliphatic heterocycles. The maximum Gasteiger partial charge on any atom is 0.328 e. The summed E-state index contributed by atoms with van der Waals surface area (Å²) in [5, 5.41) is 14.0. The predicted molar refractivity (Wildman–Crippen MR) is 78.5 cm³/mol. The van der Waals surface area contributed by atoms with E-state index in [4.69, 9.17) is 9.47 Å². The fourth-order valence-corrected chi connectivity index (χ4v) is 1.93. The molecule has 1 N–H and O–H groups in total. The lowest BCUT2D eigenvalue weighted by molar-refractivity contribution is -0.384. The molecule has 0 fully saturated rings. The molecule has 1 unspecified atom stereocenters. The Balaban J connectivity index is 3.11. The highest BCUT2D eigenvalue weighted by Crippen LogP contribution is 2.30. The zero-order valence-corrected chi connectivity index (χ0v) is 12.6. The molecular formula is C14H20N2O5. The first-order valence-electron chi connectivity index (χ1n) is 6.55.